The number of benzene rings is 2. The molecule has 0 amide bonds. The van der Waals surface area contributed by atoms with Crippen LogP contribution < -0.4 is 10.4 Å². The summed E-state index contributed by atoms with van der Waals surface area (Å²) in [6, 6.07) is 15.8. The van der Waals surface area contributed by atoms with Gasteiger partial charge in [-0.25, -0.2) is 0 Å². The second-order valence-electron chi connectivity index (χ2n) is 5.67. The Morgan fingerprint density at radius 1 is 1.05 bits per heavy atom. The van der Waals surface area contributed by atoms with Crippen molar-refractivity contribution in [3.05, 3.63) is 54.1 Å². The first-order valence-corrected chi connectivity index (χ1v) is 7.70. The number of aromatic hydroxyl groups is 1. The number of nitrogens with zero attached hydrogens (tertiary/aromatic N) is 1. The molecule has 0 radical (unpaired) electrons. The normalized spacial score (nSPS) is 15.8. The maximum absolute atomic E-state index is 9.39. The molecular weight excluding hydrogens is 276 g/mol. The molecule has 0 aliphatic carbocycles. The summed E-state index contributed by atoms with van der Waals surface area (Å²) >= 11 is 0. The lowest BCUT2D eigenvalue weighted by atomic mass is 9.88. The van der Waals surface area contributed by atoms with Crippen LogP contribution in [0.1, 0.15) is 24.3 Å². The summed E-state index contributed by atoms with van der Waals surface area (Å²) in [6.07, 6.45) is 2.23. The highest BCUT2D eigenvalue weighted by atomic mass is 16.6. The van der Waals surface area contributed by atoms with E-state index in [0.717, 1.165) is 31.6 Å². The first-order chi connectivity index (χ1) is 10.8. The zero-order valence-corrected chi connectivity index (χ0v) is 12.8. The SMILES string of the molecule is CONc1ccccc1C1CCN(c2ccc(O)cc2)CC1. The molecule has 4 nitrogen and oxygen atoms in total. The molecule has 0 spiro atoms. The average Bonchev–Trinajstić information content (AvgIpc) is 2.57. The van der Waals surface area contributed by atoms with E-state index in [1.165, 1.54) is 11.3 Å². The minimum Gasteiger partial charge on any atom is -0.508 e. The summed E-state index contributed by atoms with van der Waals surface area (Å²) < 4.78 is 0. The highest BCUT2D eigenvalue weighted by Crippen LogP contribution is 2.34. The third-order valence-electron chi connectivity index (χ3n) is 4.32. The second kappa shape index (κ2) is 6.71. The fourth-order valence-corrected chi connectivity index (χ4v) is 3.17. The summed E-state index contributed by atoms with van der Waals surface area (Å²) in [4.78, 5) is 7.45. The number of phenolic OH excluding ortho intramolecular Hbond substituents is 1. The lowest BCUT2D eigenvalue weighted by Gasteiger charge is -2.34. The van der Waals surface area contributed by atoms with Crippen molar-refractivity contribution in [2.24, 2.45) is 0 Å². The van der Waals surface area contributed by atoms with Gasteiger partial charge in [0.15, 0.2) is 0 Å². The van der Waals surface area contributed by atoms with Gasteiger partial charge in [0.05, 0.1) is 12.8 Å². The average molecular weight is 298 g/mol. The predicted molar refractivity (Wildman–Crippen MR) is 89.4 cm³/mol. The molecule has 1 saturated heterocycles. The standard InChI is InChI=1S/C18H22N2O2/c1-22-19-18-5-3-2-4-17(18)14-10-12-20(13-11-14)15-6-8-16(21)9-7-15/h2-9,14,19,21H,10-13H2,1H3. The topological polar surface area (TPSA) is 44.7 Å². The van der Waals surface area contributed by atoms with Crippen molar-refractivity contribution in [1.82, 2.24) is 0 Å². The molecule has 0 unspecified atom stereocenters. The van der Waals surface area contributed by atoms with Crippen molar-refractivity contribution in [2.75, 3.05) is 30.6 Å². The van der Waals surface area contributed by atoms with Crippen molar-refractivity contribution in [2.45, 2.75) is 18.8 Å². The summed E-state index contributed by atoms with van der Waals surface area (Å²) in [6.45, 7) is 2.05. The van der Waals surface area contributed by atoms with E-state index in [-0.39, 0.29) is 0 Å². The van der Waals surface area contributed by atoms with Crippen LogP contribution in [0.25, 0.3) is 0 Å². The van der Waals surface area contributed by atoms with Crippen LogP contribution in [-0.2, 0) is 4.84 Å². The number of piperidine rings is 1. The van der Waals surface area contributed by atoms with Gasteiger partial charge < -0.3 is 10.0 Å². The van der Waals surface area contributed by atoms with Crippen LogP contribution >= 0.6 is 0 Å². The number of rotatable bonds is 4. The van der Waals surface area contributed by atoms with Crippen LogP contribution in [0, 0.1) is 0 Å². The van der Waals surface area contributed by atoms with Crippen LogP contribution in [-0.4, -0.2) is 25.3 Å². The third-order valence-corrected chi connectivity index (χ3v) is 4.32. The summed E-state index contributed by atoms with van der Waals surface area (Å²) in [5.74, 6) is 0.866. The Hall–Kier alpha value is -2.20. The van der Waals surface area contributed by atoms with Gasteiger partial charge in [-0.3, -0.25) is 10.3 Å². The number of nitrogens with one attached hydrogen (secondary N) is 1. The van der Waals surface area contributed by atoms with Crippen LogP contribution in [0.3, 0.4) is 0 Å². The highest BCUT2D eigenvalue weighted by Gasteiger charge is 2.22. The molecule has 2 aromatic carbocycles. The van der Waals surface area contributed by atoms with Gasteiger partial charge in [0.1, 0.15) is 5.75 Å². The van der Waals surface area contributed by atoms with Crippen molar-refractivity contribution in [3.63, 3.8) is 0 Å². The first-order valence-electron chi connectivity index (χ1n) is 7.70. The van der Waals surface area contributed by atoms with Gasteiger partial charge in [-0.15, -0.1) is 0 Å². The van der Waals surface area contributed by atoms with E-state index in [1.54, 1.807) is 19.2 Å². The molecule has 4 heteroatoms. The summed E-state index contributed by atoms with van der Waals surface area (Å²) in [5.41, 5.74) is 6.55. The van der Waals surface area contributed by atoms with Gasteiger partial charge in [0.2, 0.25) is 0 Å². The molecule has 1 fully saturated rings. The molecule has 116 valence electrons. The van der Waals surface area contributed by atoms with E-state index in [0.29, 0.717) is 11.7 Å². The Kier molecular flexibility index (Phi) is 4.49. The van der Waals surface area contributed by atoms with E-state index in [2.05, 4.69) is 28.6 Å². The first kappa shape index (κ1) is 14.7. The van der Waals surface area contributed by atoms with Crippen LogP contribution in [0.2, 0.25) is 0 Å². The van der Waals surface area contributed by atoms with Crippen molar-refractivity contribution in [1.29, 1.82) is 0 Å². The lowest BCUT2D eigenvalue weighted by molar-refractivity contribution is 0.270. The molecule has 0 aromatic heterocycles. The van der Waals surface area contributed by atoms with Gasteiger partial charge >= 0.3 is 0 Å². The maximum Gasteiger partial charge on any atom is 0.115 e. The Morgan fingerprint density at radius 2 is 1.73 bits per heavy atom. The second-order valence-corrected chi connectivity index (χ2v) is 5.67. The molecule has 2 aromatic rings. The summed E-state index contributed by atoms with van der Waals surface area (Å²) in [5, 5.41) is 9.39. The minimum absolute atomic E-state index is 0.318. The van der Waals surface area contributed by atoms with Crippen molar-refractivity contribution < 1.29 is 9.94 Å². The Labute approximate surface area is 131 Å². The lowest BCUT2D eigenvalue weighted by Crippen LogP contribution is -2.33. The maximum atomic E-state index is 9.39. The van der Waals surface area contributed by atoms with Gasteiger partial charge in [-0.05, 0) is 54.7 Å². The number of anilines is 2. The van der Waals surface area contributed by atoms with E-state index in [4.69, 9.17) is 4.84 Å². The van der Waals surface area contributed by atoms with Crippen LogP contribution in [0.4, 0.5) is 11.4 Å². The van der Waals surface area contributed by atoms with E-state index in [1.807, 2.05) is 18.2 Å². The van der Waals surface area contributed by atoms with E-state index in [9.17, 15) is 5.11 Å². The molecule has 22 heavy (non-hydrogen) atoms. The molecule has 2 N–H and O–H groups in total. The molecule has 0 bridgehead atoms. The van der Waals surface area contributed by atoms with Crippen molar-refractivity contribution >= 4 is 11.4 Å². The summed E-state index contributed by atoms with van der Waals surface area (Å²) in [7, 11) is 1.64. The van der Waals surface area contributed by atoms with Gasteiger partial charge in [-0.2, -0.15) is 0 Å². The fraction of sp³-hybridized carbons (Fsp3) is 0.333. The number of phenols is 1. The van der Waals surface area contributed by atoms with Gasteiger partial charge in [-0.1, -0.05) is 18.2 Å². The largest absolute Gasteiger partial charge is 0.508 e. The van der Waals surface area contributed by atoms with Crippen LogP contribution in [0.5, 0.6) is 5.75 Å². The molecule has 1 aliphatic heterocycles. The Balaban J connectivity index is 1.68. The molecular formula is C18H22N2O2. The predicted octanol–water partition coefficient (Wildman–Crippen LogP) is 3.75. The minimum atomic E-state index is 0.318. The molecule has 0 saturated carbocycles. The van der Waals surface area contributed by atoms with E-state index < -0.39 is 0 Å². The third kappa shape index (κ3) is 3.17. The highest BCUT2D eigenvalue weighted by molar-refractivity contribution is 5.53. The molecule has 1 heterocycles. The smallest absolute Gasteiger partial charge is 0.115 e. The zero-order valence-electron chi connectivity index (χ0n) is 12.8. The van der Waals surface area contributed by atoms with Crippen molar-refractivity contribution in [3.8, 4) is 5.75 Å². The van der Waals surface area contributed by atoms with Crippen LogP contribution in [0.15, 0.2) is 48.5 Å². The number of hydrogen-bond acceptors (Lipinski definition) is 4. The molecule has 1 aliphatic rings. The zero-order chi connectivity index (χ0) is 15.4. The number of para-hydroxylation sites is 1. The fourth-order valence-electron chi connectivity index (χ4n) is 3.17. The Bertz CT molecular complexity index is 605. The monoisotopic (exact) mass is 298 g/mol. The quantitative estimate of drug-likeness (QED) is 0.844. The number of hydrogen-bond donors (Lipinski definition) is 2. The Morgan fingerprint density at radius 3 is 2.41 bits per heavy atom. The van der Waals surface area contributed by atoms with Gasteiger partial charge in [0, 0.05) is 18.8 Å². The molecule has 3 rings (SSSR count). The van der Waals surface area contributed by atoms with E-state index >= 15 is 0 Å². The van der Waals surface area contributed by atoms with Gasteiger partial charge in [0.25, 0.3) is 0 Å². The molecule has 0 atom stereocenters.